The van der Waals surface area contributed by atoms with Crippen LogP contribution in [0.15, 0.2) is 77.7 Å². The molecule has 32 heavy (non-hydrogen) atoms. The Hall–Kier alpha value is -3.49. The first-order valence-corrected chi connectivity index (χ1v) is 11.6. The number of carbonyl (C=O) groups excluding carboxylic acids is 2. The van der Waals surface area contributed by atoms with E-state index in [0.717, 1.165) is 5.56 Å². The molecule has 0 fully saturated rings. The van der Waals surface area contributed by atoms with Crippen molar-refractivity contribution in [1.29, 1.82) is 0 Å². The third-order valence-electron chi connectivity index (χ3n) is 4.78. The van der Waals surface area contributed by atoms with Crippen molar-refractivity contribution in [2.45, 2.75) is 18.7 Å². The zero-order valence-electron chi connectivity index (χ0n) is 17.9. The second kappa shape index (κ2) is 10.2. The van der Waals surface area contributed by atoms with Crippen LogP contribution < -0.4 is 15.4 Å². The maximum Gasteiger partial charge on any atom is 0.255 e. The van der Waals surface area contributed by atoms with Crippen LogP contribution in [0.25, 0.3) is 0 Å². The minimum Gasteiger partial charge on any atom is -0.351 e. The van der Waals surface area contributed by atoms with E-state index in [-0.39, 0.29) is 29.8 Å². The van der Waals surface area contributed by atoms with Crippen molar-refractivity contribution >= 4 is 27.5 Å². The van der Waals surface area contributed by atoms with Crippen molar-refractivity contribution in [1.82, 2.24) is 10.0 Å². The van der Waals surface area contributed by atoms with Gasteiger partial charge in [-0.25, -0.2) is 13.1 Å². The predicted octanol–water partition coefficient (Wildman–Crippen LogP) is 3.26. The van der Waals surface area contributed by atoms with Gasteiger partial charge in [-0.3, -0.25) is 9.59 Å². The number of anilines is 1. The largest absolute Gasteiger partial charge is 0.351 e. The fraction of sp³-hybridized carbons (Fsp3) is 0.167. The Kier molecular flexibility index (Phi) is 7.40. The lowest BCUT2D eigenvalue weighted by molar-refractivity contribution is 0.0953. The van der Waals surface area contributed by atoms with Crippen LogP contribution in [0.2, 0.25) is 0 Å². The zero-order valence-corrected chi connectivity index (χ0v) is 18.7. The number of hydrogen-bond donors (Lipinski definition) is 3. The van der Waals surface area contributed by atoms with Crippen LogP contribution >= 0.6 is 0 Å². The molecule has 0 saturated carbocycles. The van der Waals surface area contributed by atoms with Gasteiger partial charge in [-0.1, -0.05) is 30.3 Å². The van der Waals surface area contributed by atoms with Gasteiger partial charge in [-0.2, -0.15) is 0 Å². The number of aryl methyl sites for hydroxylation is 2. The van der Waals surface area contributed by atoms with Crippen LogP contribution in [-0.2, 0) is 10.0 Å². The highest BCUT2D eigenvalue weighted by Gasteiger charge is 2.16. The van der Waals surface area contributed by atoms with Gasteiger partial charge in [0.2, 0.25) is 10.0 Å². The van der Waals surface area contributed by atoms with Crippen LogP contribution in [0.3, 0.4) is 0 Å². The van der Waals surface area contributed by atoms with E-state index in [4.69, 9.17) is 0 Å². The molecule has 3 aromatic rings. The third-order valence-corrected chi connectivity index (χ3v) is 6.38. The molecule has 3 rings (SSSR count). The summed E-state index contributed by atoms with van der Waals surface area (Å²) in [5.74, 6) is -0.573. The normalized spacial score (nSPS) is 11.1. The van der Waals surface area contributed by atoms with Gasteiger partial charge in [0, 0.05) is 29.9 Å². The standard InChI is InChI=1S/C24H25N3O4S/c1-17-8-9-18(2)22(16-17)32(30,31)26-15-14-25-23(28)20-10-12-21(13-11-20)27-24(29)19-6-4-3-5-7-19/h3-13,16,26H,14-15H2,1-2H3,(H,25,28)(H,27,29). The summed E-state index contributed by atoms with van der Waals surface area (Å²) in [7, 11) is -3.66. The summed E-state index contributed by atoms with van der Waals surface area (Å²) in [4.78, 5) is 24.7. The quantitative estimate of drug-likeness (QED) is 0.457. The summed E-state index contributed by atoms with van der Waals surface area (Å²) < 4.78 is 27.5. The molecule has 0 radical (unpaired) electrons. The van der Waals surface area contributed by atoms with E-state index in [0.29, 0.717) is 22.4 Å². The molecule has 0 spiro atoms. The topological polar surface area (TPSA) is 104 Å². The first-order valence-electron chi connectivity index (χ1n) is 10.1. The molecule has 0 saturated heterocycles. The maximum absolute atomic E-state index is 12.5. The molecule has 3 aromatic carbocycles. The van der Waals surface area contributed by atoms with Crippen molar-refractivity contribution < 1.29 is 18.0 Å². The van der Waals surface area contributed by atoms with Gasteiger partial charge in [-0.05, 0) is 67.4 Å². The smallest absolute Gasteiger partial charge is 0.255 e. The van der Waals surface area contributed by atoms with E-state index in [1.165, 1.54) is 0 Å². The minimum atomic E-state index is -3.66. The minimum absolute atomic E-state index is 0.0622. The van der Waals surface area contributed by atoms with Crippen LogP contribution in [-0.4, -0.2) is 33.3 Å². The summed E-state index contributed by atoms with van der Waals surface area (Å²) in [5.41, 5.74) is 3.02. The second-order valence-electron chi connectivity index (χ2n) is 7.32. The van der Waals surface area contributed by atoms with Crippen molar-refractivity contribution in [3.63, 3.8) is 0 Å². The highest BCUT2D eigenvalue weighted by molar-refractivity contribution is 7.89. The van der Waals surface area contributed by atoms with Crippen molar-refractivity contribution in [3.05, 3.63) is 95.1 Å². The average Bonchev–Trinajstić information content (AvgIpc) is 2.79. The SMILES string of the molecule is Cc1ccc(C)c(S(=O)(=O)NCCNC(=O)c2ccc(NC(=O)c3ccccc3)cc2)c1. The van der Waals surface area contributed by atoms with Crippen molar-refractivity contribution in [2.24, 2.45) is 0 Å². The molecular weight excluding hydrogens is 426 g/mol. The number of benzene rings is 3. The molecule has 166 valence electrons. The predicted molar refractivity (Wildman–Crippen MR) is 124 cm³/mol. The summed E-state index contributed by atoms with van der Waals surface area (Å²) in [6.45, 7) is 3.76. The maximum atomic E-state index is 12.5. The van der Waals surface area contributed by atoms with Crippen LogP contribution in [0.1, 0.15) is 31.8 Å². The fourth-order valence-electron chi connectivity index (χ4n) is 3.04. The highest BCUT2D eigenvalue weighted by atomic mass is 32.2. The number of sulfonamides is 1. The van der Waals surface area contributed by atoms with Crippen LogP contribution in [0.5, 0.6) is 0 Å². The fourth-order valence-corrected chi connectivity index (χ4v) is 4.40. The van der Waals surface area contributed by atoms with Gasteiger partial charge in [0.25, 0.3) is 11.8 Å². The van der Waals surface area contributed by atoms with E-state index in [1.54, 1.807) is 67.6 Å². The number of amides is 2. The highest BCUT2D eigenvalue weighted by Crippen LogP contribution is 2.16. The summed E-state index contributed by atoms with van der Waals surface area (Å²) in [6.07, 6.45) is 0. The van der Waals surface area contributed by atoms with Gasteiger partial charge in [0.05, 0.1) is 4.90 Å². The Labute approximate surface area is 187 Å². The Morgan fingerprint density at radius 3 is 2.12 bits per heavy atom. The molecule has 0 atom stereocenters. The Bertz CT molecular complexity index is 1210. The molecule has 2 amide bonds. The summed E-state index contributed by atoms with van der Waals surface area (Å²) in [5, 5.41) is 5.45. The number of rotatable bonds is 8. The van der Waals surface area contributed by atoms with Gasteiger partial charge in [0.15, 0.2) is 0 Å². The molecule has 7 nitrogen and oxygen atoms in total. The monoisotopic (exact) mass is 451 g/mol. The Balaban J connectivity index is 1.50. The van der Waals surface area contributed by atoms with Gasteiger partial charge < -0.3 is 10.6 Å². The molecule has 0 aliphatic carbocycles. The molecule has 0 heterocycles. The van der Waals surface area contributed by atoms with Crippen molar-refractivity contribution in [3.8, 4) is 0 Å². The lowest BCUT2D eigenvalue weighted by Crippen LogP contribution is -2.35. The molecule has 0 aliphatic rings. The van der Waals surface area contributed by atoms with Crippen LogP contribution in [0, 0.1) is 13.8 Å². The lowest BCUT2D eigenvalue weighted by atomic mass is 10.1. The molecular formula is C24H25N3O4S. The molecule has 8 heteroatoms. The Morgan fingerprint density at radius 1 is 0.781 bits per heavy atom. The molecule has 0 bridgehead atoms. The number of hydrogen-bond acceptors (Lipinski definition) is 4. The van der Waals surface area contributed by atoms with Crippen LogP contribution in [0.4, 0.5) is 5.69 Å². The van der Waals surface area contributed by atoms with Gasteiger partial charge in [-0.15, -0.1) is 0 Å². The summed E-state index contributed by atoms with van der Waals surface area (Å²) >= 11 is 0. The number of nitrogens with one attached hydrogen (secondary N) is 3. The van der Waals surface area contributed by atoms with Gasteiger partial charge in [0.1, 0.15) is 0 Å². The van der Waals surface area contributed by atoms with Crippen molar-refractivity contribution in [2.75, 3.05) is 18.4 Å². The molecule has 0 aromatic heterocycles. The van der Waals surface area contributed by atoms with E-state index < -0.39 is 10.0 Å². The van der Waals surface area contributed by atoms with E-state index in [1.807, 2.05) is 19.1 Å². The van der Waals surface area contributed by atoms with E-state index >= 15 is 0 Å². The molecule has 3 N–H and O–H groups in total. The average molecular weight is 452 g/mol. The first-order chi connectivity index (χ1) is 15.3. The molecule has 0 unspecified atom stereocenters. The van der Waals surface area contributed by atoms with E-state index in [2.05, 4.69) is 15.4 Å². The third kappa shape index (κ3) is 6.03. The second-order valence-corrected chi connectivity index (χ2v) is 9.06. The first kappa shape index (κ1) is 23.2. The zero-order chi connectivity index (χ0) is 23.1. The molecule has 0 aliphatic heterocycles. The lowest BCUT2D eigenvalue weighted by Gasteiger charge is -2.11. The number of carbonyl (C=O) groups is 2. The summed E-state index contributed by atoms with van der Waals surface area (Å²) in [6, 6.07) is 20.5. The Morgan fingerprint density at radius 2 is 1.44 bits per heavy atom. The van der Waals surface area contributed by atoms with E-state index in [9.17, 15) is 18.0 Å². The van der Waals surface area contributed by atoms with Gasteiger partial charge >= 0.3 is 0 Å².